The second-order valence-corrected chi connectivity index (χ2v) is 6.68. The molecule has 1 aliphatic heterocycles. The third-order valence-corrected chi connectivity index (χ3v) is 4.69. The molecule has 1 aliphatic rings. The van der Waals surface area contributed by atoms with Crippen molar-refractivity contribution in [1.29, 1.82) is 0 Å². The summed E-state index contributed by atoms with van der Waals surface area (Å²) in [7, 11) is 0. The number of halogens is 2. The maximum atomic E-state index is 13.4. The van der Waals surface area contributed by atoms with Crippen LogP contribution in [0.2, 0.25) is 0 Å². The van der Waals surface area contributed by atoms with Gasteiger partial charge in [-0.05, 0) is 36.6 Å². The van der Waals surface area contributed by atoms with Crippen LogP contribution in [-0.4, -0.2) is 22.4 Å². The van der Waals surface area contributed by atoms with Crippen LogP contribution < -0.4 is 10.2 Å². The normalized spacial score (nSPS) is 13.2. The summed E-state index contributed by atoms with van der Waals surface area (Å²) in [6.07, 6.45) is 0.898. The highest BCUT2D eigenvalue weighted by Gasteiger charge is 2.20. The zero-order chi connectivity index (χ0) is 19.7. The molecule has 0 atom stereocenters. The van der Waals surface area contributed by atoms with Gasteiger partial charge in [-0.3, -0.25) is 4.79 Å². The van der Waals surface area contributed by atoms with Gasteiger partial charge >= 0.3 is 0 Å². The van der Waals surface area contributed by atoms with Crippen LogP contribution in [0.25, 0.3) is 0 Å². The molecule has 0 unspecified atom stereocenters. The van der Waals surface area contributed by atoms with Crippen molar-refractivity contribution in [3.05, 3.63) is 82.8 Å². The fourth-order valence-electron chi connectivity index (χ4n) is 3.29. The first-order valence-electron chi connectivity index (χ1n) is 8.93. The number of fused-ring (bicyclic) bond motifs is 1. The number of nitrogens with one attached hydrogen (secondary N) is 1. The maximum Gasteiger partial charge on any atom is 0.274 e. The van der Waals surface area contributed by atoms with E-state index >= 15 is 0 Å². The first-order valence-corrected chi connectivity index (χ1v) is 8.93. The molecule has 0 bridgehead atoms. The Labute approximate surface area is 161 Å². The summed E-state index contributed by atoms with van der Waals surface area (Å²) in [5.41, 5.74) is 2.89. The third kappa shape index (κ3) is 3.69. The number of amides is 1. The summed E-state index contributed by atoms with van der Waals surface area (Å²) < 4.78 is 26.4. The van der Waals surface area contributed by atoms with Crippen molar-refractivity contribution < 1.29 is 13.6 Å². The van der Waals surface area contributed by atoms with E-state index < -0.39 is 17.5 Å². The summed E-state index contributed by atoms with van der Waals surface area (Å²) in [6, 6.07) is 13.1. The van der Waals surface area contributed by atoms with Crippen LogP contribution in [0, 0.1) is 18.6 Å². The summed E-state index contributed by atoms with van der Waals surface area (Å²) in [5.74, 6) is -1.37. The van der Waals surface area contributed by atoms with E-state index in [-0.39, 0.29) is 11.4 Å². The van der Waals surface area contributed by atoms with E-state index in [0.29, 0.717) is 18.2 Å². The molecule has 5 nitrogen and oxygen atoms in total. The lowest BCUT2D eigenvalue weighted by atomic mass is 10.00. The Morgan fingerprint density at radius 2 is 1.82 bits per heavy atom. The van der Waals surface area contributed by atoms with Crippen molar-refractivity contribution in [3.63, 3.8) is 0 Å². The molecule has 0 saturated heterocycles. The Bertz CT molecular complexity index is 1050. The van der Waals surface area contributed by atoms with Gasteiger partial charge in [-0.1, -0.05) is 24.3 Å². The molecule has 7 heteroatoms. The minimum Gasteiger partial charge on any atom is -0.352 e. The second-order valence-electron chi connectivity index (χ2n) is 6.68. The van der Waals surface area contributed by atoms with Crippen LogP contribution in [0.3, 0.4) is 0 Å². The summed E-state index contributed by atoms with van der Waals surface area (Å²) >= 11 is 0. The number of aromatic nitrogens is 2. The van der Waals surface area contributed by atoms with Gasteiger partial charge in [0.25, 0.3) is 5.91 Å². The highest BCUT2D eigenvalue weighted by Crippen LogP contribution is 2.24. The maximum absolute atomic E-state index is 13.4. The molecular formula is C21H18F2N4O. The zero-order valence-electron chi connectivity index (χ0n) is 15.2. The summed E-state index contributed by atoms with van der Waals surface area (Å²) in [4.78, 5) is 23.3. The van der Waals surface area contributed by atoms with Crippen molar-refractivity contribution in [2.75, 3.05) is 16.8 Å². The van der Waals surface area contributed by atoms with Gasteiger partial charge in [-0.2, -0.15) is 0 Å². The highest BCUT2D eigenvalue weighted by atomic mass is 19.2. The van der Waals surface area contributed by atoms with E-state index in [4.69, 9.17) is 0 Å². The van der Waals surface area contributed by atoms with Gasteiger partial charge in [0.1, 0.15) is 17.3 Å². The van der Waals surface area contributed by atoms with Gasteiger partial charge in [0.15, 0.2) is 11.6 Å². The number of nitrogens with zero attached hydrogens (tertiary/aromatic N) is 3. The third-order valence-electron chi connectivity index (χ3n) is 4.69. The lowest BCUT2D eigenvalue weighted by Crippen LogP contribution is -2.31. The first-order chi connectivity index (χ1) is 13.5. The minimum atomic E-state index is -1.02. The van der Waals surface area contributed by atoms with Crippen LogP contribution in [0.1, 0.15) is 27.4 Å². The SMILES string of the molecule is Cc1nc(C(=O)Nc2ccc(F)c(F)c2)cc(N2CCc3ccccc3C2)n1. The molecule has 2 heterocycles. The molecule has 0 aliphatic carbocycles. The highest BCUT2D eigenvalue weighted by molar-refractivity contribution is 6.03. The largest absolute Gasteiger partial charge is 0.352 e. The fourth-order valence-corrected chi connectivity index (χ4v) is 3.29. The van der Waals surface area contributed by atoms with Gasteiger partial charge in [-0.15, -0.1) is 0 Å². The lowest BCUT2D eigenvalue weighted by Gasteiger charge is -2.30. The van der Waals surface area contributed by atoms with Crippen molar-refractivity contribution in [2.45, 2.75) is 19.9 Å². The Morgan fingerprint density at radius 1 is 1.04 bits per heavy atom. The standard InChI is InChI=1S/C21H18F2N4O/c1-13-24-19(21(28)26-16-6-7-17(22)18(23)10-16)11-20(25-13)27-9-8-14-4-2-3-5-15(14)12-27/h2-7,10-11H,8-9,12H2,1H3,(H,26,28). The van der Waals surface area contributed by atoms with Gasteiger partial charge in [0, 0.05) is 30.9 Å². The number of carbonyl (C=O) groups excluding carboxylic acids is 1. The zero-order valence-corrected chi connectivity index (χ0v) is 15.2. The van der Waals surface area contributed by atoms with Crippen LogP contribution in [0.15, 0.2) is 48.5 Å². The Kier molecular flexibility index (Phi) is 4.73. The van der Waals surface area contributed by atoms with Gasteiger partial charge in [0.2, 0.25) is 0 Å². The minimum absolute atomic E-state index is 0.161. The molecule has 28 heavy (non-hydrogen) atoms. The fraction of sp³-hybridized carbons (Fsp3) is 0.190. The molecule has 0 spiro atoms. The van der Waals surface area contributed by atoms with E-state index in [1.807, 2.05) is 12.1 Å². The molecule has 2 aromatic carbocycles. The van der Waals surface area contributed by atoms with E-state index in [2.05, 4.69) is 32.3 Å². The van der Waals surface area contributed by atoms with E-state index in [1.165, 1.54) is 17.2 Å². The predicted molar refractivity (Wildman–Crippen MR) is 102 cm³/mol. The molecule has 4 rings (SSSR count). The van der Waals surface area contributed by atoms with Crippen LogP contribution >= 0.6 is 0 Å². The molecule has 0 saturated carbocycles. The molecule has 142 valence electrons. The molecule has 1 amide bonds. The van der Waals surface area contributed by atoms with Gasteiger partial charge < -0.3 is 10.2 Å². The van der Waals surface area contributed by atoms with E-state index in [1.54, 1.807) is 13.0 Å². The van der Waals surface area contributed by atoms with E-state index in [0.717, 1.165) is 25.1 Å². The molecule has 3 aromatic rings. The van der Waals surface area contributed by atoms with Crippen LogP contribution in [0.5, 0.6) is 0 Å². The molecule has 0 radical (unpaired) electrons. The second kappa shape index (κ2) is 7.34. The number of hydrogen-bond acceptors (Lipinski definition) is 4. The average molecular weight is 380 g/mol. The number of aryl methyl sites for hydroxylation is 1. The quantitative estimate of drug-likeness (QED) is 0.749. The molecular weight excluding hydrogens is 362 g/mol. The number of anilines is 2. The monoisotopic (exact) mass is 380 g/mol. The molecule has 0 fully saturated rings. The average Bonchev–Trinajstić information content (AvgIpc) is 2.70. The Balaban J connectivity index is 1.57. The Hall–Kier alpha value is -3.35. The first kappa shape index (κ1) is 18.0. The van der Waals surface area contributed by atoms with Crippen LogP contribution in [0.4, 0.5) is 20.3 Å². The number of hydrogen-bond donors (Lipinski definition) is 1. The number of carbonyl (C=O) groups is 1. The van der Waals surface area contributed by atoms with Crippen LogP contribution in [-0.2, 0) is 13.0 Å². The van der Waals surface area contributed by atoms with E-state index in [9.17, 15) is 13.6 Å². The Morgan fingerprint density at radius 3 is 2.61 bits per heavy atom. The van der Waals surface area contributed by atoms with Gasteiger partial charge in [-0.25, -0.2) is 18.7 Å². The van der Waals surface area contributed by atoms with Crippen molar-refractivity contribution in [1.82, 2.24) is 9.97 Å². The summed E-state index contributed by atoms with van der Waals surface area (Å²) in [6.45, 7) is 3.21. The predicted octanol–water partition coefficient (Wildman–Crippen LogP) is 3.88. The number of benzene rings is 2. The van der Waals surface area contributed by atoms with Crippen molar-refractivity contribution in [2.24, 2.45) is 0 Å². The summed E-state index contributed by atoms with van der Waals surface area (Å²) in [5, 5.41) is 2.54. The number of rotatable bonds is 3. The van der Waals surface area contributed by atoms with Crippen molar-refractivity contribution >= 4 is 17.4 Å². The molecule has 1 N–H and O–H groups in total. The smallest absolute Gasteiger partial charge is 0.274 e. The van der Waals surface area contributed by atoms with Gasteiger partial charge in [0.05, 0.1) is 0 Å². The topological polar surface area (TPSA) is 58.1 Å². The van der Waals surface area contributed by atoms with Crippen molar-refractivity contribution in [3.8, 4) is 0 Å². The molecule has 1 aromatic heterocycles. The lowest BCUT2D eigenvalue weighted by molar-refractivity contribution is 0.102.